The van der Waals surface area contributed by atoms with Gasteiger partial charge in [-0.3, -0.25) is 4.68 Å². The summed E-state index contributed by atoms with van der Waals surface area (Å²) in [7, 11) is 0. The molecule has 2 atom stereocenters. The average molecular weight is 316 g/mol. The lowest BCUT2D eigenvalue weighted by atomic mass is 10.0. The van der Waals surface area contributed by atoms with Crippen LogP contribution in [0.3, 0.4) is 0 Å². The van der Waals surface area contributed by atoms with Gasteiger partial charge in [-0.1, -0.05) is 6.92 Å². The Morgan fingerprint density at radius 1 is 1.56 bits per heavy atom. The number of nitrogens with one attached hydrogen (secondary N) is 1. The van der Waals surface area contributed by atoms with Crippen molar-refractivity contribution in [1.29, 1.82) is 0 Å². The van der Waals surface area contributed by atoms with Gasteiger partial charge in [-0.15, -0.1) is 0 Å². The van der Waals surface area contributed by atoms with Gasteiger partial charge in [0.1, 0.15) is 0 Å². The van der Waals surface area contributed by atoms with E-state index in [1.807, 2.05) is 4.68 Å². The molecule has 0 radical (unpaired) electrons. The van der Waals surface area contributed by atoms with E-state index in [0.29, 0.717) is 6.42 Å². The van der Waals surface area contributed by atoms with E-state index < -0.39 is 0 Å². The van der Waals surface area contributed by atoms with Crippen LogP contribution in [0.4, 0.5) is 0 Å². The predicted octanol–water partition coefficient (Wildman–Crippen LogP) is 1.88. The van der Waals surface area contributed by atoms with Gasteiger partial charge >= 0.3 is 0 Å². The molecule has 0 aromatic carbocycles. The minimum Gasteiger partial charge on any atom is -0.391 e. The summed E-state index contributed by atoms with van der Waals surface area (Å²) in [6.45, 7) is 6.06. The molecular formula is C13H22BrN3O. The third-order valence-electron chi connectivity index (χ3n) is 3.66. The molecule has 18 heavy (non-hydrogen) atoms. The Balaban J connectivity index is 2.14. The first kappa shape index (κ1) is 14.0. The summed E-state index contributed by atoms with van der Waals surface area (Å²) in [6.07, 6.45) is 3.49. The zero-order chi connectivity index (χ0) is 13.1. The highest BCUT2D eigenvalue weighted by Gasteiger charge is 2.25. The molecule has 0 saturated carbocycles. The second-order valence-corrected chi connectivity index (χ2v) is 5.64. The Morgan fingerprint density at radius 3 is 2.89 bits per heavy atom. The van der Waals surface area contributed by atoms with Gasteiger partial charge in [-0.25, -0.2) is 0 Å². The van der Waals surface area contributed by atoms with E-state index in [0.717, 1.165) is 48.2 Å². The Kier molecular flexibility index (Phi) is 4.81. The van der Waals surface area contributed by atoms with Crippen molar-refractivity contribution in [3.63, 3.8) is 0 Å². The maximum Gasteiger partial charge on any atom is 0.0766 e. The van der Waals surface area contributed by atoms with E-state index in [4.69, 9.17) is 0 Å². The van der Waals surface area contributed by atoms with Crippen LogP contribution in [0.1, 0.15) is 38.1 Å². The van der Waals surface area contributed by atoms with Gasteiger partial charge in [0.05, 0.1) is 22.0 Å². The fraction of sp³-hybridized carbons (Fsp3) is 0.769. The standard InChI is InChI=1S/C13H22BrN3O/c1-3-9-13(14)11(17(4-2)16-9)8-12(18)10-6-5-7-15-10/h10,12,15,18H,3-8H2,1-2H3. The molecule has 2 rings (SSSR count). The molecule has 102 valence electrons. The average Bonchev–Trinajstić information content (AvgIpc) is 2.99. The van der Waals surface area contributed by atoms with Crippen molar-refractivity contribution in [2.45, 2.75) is 58.2 Å². The smallest absolute Gasteiger partial charge is 0.0766 e. The van der Waals surface area contributed by atoms with Crippen LogP contribution in [0.15, 0.2) is 4.47 Å². The molecule has 1 aromatic heterocycles. The molecule has 1 aliphatic rings. The molecule has 1 aliphatic heterocycles. The lowest BCUT2D eigenvalue weighted by molar-refractivity contribution is 0.133. The van der Waals surface area contributed by atoms with Crippen LogP contribution < -0.4 is 5.32 Å². The predicted molar refractivity (Wildman–Crippen MR) is 75.7 cm³/mol. The maximum absolute atomic E-state index is 10.3. The molecule has 5 heteroatoms. The van der Waals surface area contributed by atoms with Crippen molar-refractivity contribution >= 4 is 15.9 Å². The molecule has 1 aromatic rings. The number of nitrogens with zero attached hydrogens (tertiary/aromatic N) is 2. The first-order valence-corrected chi connectivity index (χ1v) is 7.62. The summed E-state index contributed by atoms with van der Waals surface area (Å²) in [5.74, 6) is 0. The van der Waals surface area contributed by atoms with Crippen molar-refractivity contribution in [1.82, 2.24) is 15.1 Å². The SMILES string of the molecule is CCc1nn(CC)c(CC(O)C2CCCN2)c1Br. The van der Waals surface area contributed by atoms with Crippen LogP contribution in [0.25, 0.3) is 0 Å². The number of aliphatic hydroxyl groups excluding tert-OH is 1. The quantitative estimate of drug-likeness (QED) is 0.872. The molecule has 0 amide bonds. The van der Waals surface area contributed by atoms with Gasteiger partial charge in [0, 0.05) is 19.0 Å². The molecule has 2 heterocycles. The van der Waals surface area contributed by atoms with Crippen molar-refractivity contribution in [3.8, 4) is 0 Å². The van der Waals surface area contributed by atoms with Crippen LogP contribution in [0, 0.1) is 0 Å². The van der Waals surface area contributed by atoms with Crippen molar-refractivity contribution < 1.29 is 5.11 Å². The molecule has 2 N–H and O–H groups in total. The topological polar surface area (TPSA) is 50.1 Å². The monoisotopic (exact) mass is 315 g/mol. The summed E-state index contributed by atoms with van der Waals surface area (Å²) in [6, 6.07) is 0.238. The first-order chi connectivity index (χ1) is 8.67. The van der Waals surface area contributed by atoms with Crippen LogP contribution in [0.5, 0.6) is 0 Å². The third-order valence-corrected chi connectivity index (χ3v) is 4.57. The van der Waals surface area contributed by atoms with E-state index in [9.17, 15) is 5.11 Å². The normalized spacial score (nSPS) is 21.4. The van der Waals surface area contributed by atoms with Gasteiger partial charge < -0.3 is 10.4 Å². The summed E-state index contributed by atoms with van der Waals surface area (Å²) < 4.78 is 3.07. The molecule has 0 aliphatic carbocycles. The van der Waals surface area contributed by atoms with Gasteiger partial charge in [0.2, 0.25) is 0 Å². The Hall–Kier alpha value is -0.390. The minimum atomic E-state index is -0.324. The van der Waals surface area contributed by atoms with Gasteiger partial charge in [0.25, 0.3) is 0 Å². The largest absolute Gasteiger partial charge is 0.391 e. The highest BCUT2D eigenvalue weighted by atomic mass is 79.9. The summed E-state index contributed by atoms with van der Waals surface area (Å²) in [4.78, 5) is 0. The second kappa shape index (κ2) is 6.17. The zero-order valence-corrected chi connectivity index (χ0v) is 12.7. The summed E-state index contributed by atoms with van der Waals surface area (Å²) in [5, 5.41) is 18.2. The van der Waals surface area contributed by atoms with Crippen LogP contribution in [0.2, 0.25) is 0 Å². The first-order valence-electron chi connectivity index (χ1n) is 6.82. The lowest BCUT2D eigenvalue weighted by Gasteiger charge is -2.18. The van der Waals surface area contributed by atoms with E-state index in [2.05, 4.69) is 40.2 Å². The Bertz CT molecular complexity index is 399. The second-order valence-electron chi connectivity index (χ2n) is 4.85. The fourth-order valence-electron chi connectivity index (χ4n) is 2.59. The Morgan fingerprint density at radius 2 is 2.33 bits per heavy atom. The van der Waals surface area contributed by atoms with Crippen LogP contribution >= 0.6 is 15.9 Å². The number of hydrogen-bond acceptors (Lipinski definition) is 3. The molecule has 2 unspecified atom stereocenters. The molecule has 0 spiro atoms. The fourth-order valence-corrected chi connectivity index (χ4v) is 3.32. The van der Waals surface area contributed by atoms with Gasteiger partial charge in [-0.2, -0.15) is 5.10 Å². The number of halogens is 1. The van der Waals surface area contributed by atoms with E-state index >= 15 is 0 Å². The van der Waals surface area contributed by atoms with E-state index in [1.54, 1.807) is 0 Å². The van der Waals surface area contributed by atoms with E-state index in [-0.39, 0.29) is 12.1 Å². The Labute approximate surface area is 117 Å². The van der Waals surface area contributed by atoms with Crippen molar-refractivity contribution in [3.05, 3.63) is 15.9 Å². The summed E-state index contributed by atoms with van der Waals surface area (Å²) in [5.41, 5.74) is 2.20. The molecule has 0 bridgehead atoms. The maximum atomic E-state index is 10.3. The van der Waals surface area contributed by atoms with Gasteiger partial charge in [-0.05, 0) is 48.7 Å². The van der Waals surface area contributed by atoms with Crippen molar-refractivity contribution in [2.24, 2.45) is 0 Å². The minimum absolute atomic E-state index is 0.238. The molecule has 1 saturated heterocycles. The number of aliphatic hydroxyl groups is 1. The van der Waals surface area contributed by atoms with E-state index in [1.165, 1.54) is 0 Å². The number of aryl methyl sites for hydroxylation is 2. The number of aromatic nitrogens is 2. The molecule has 1 fully saturated rings. The zero-order valence-electron chi connectivity index (χ0n) is 11.1. The molecular weight excluding hydrogens is 294 g/mol. The van der Waals surface area contributed by atoms with Crippen LogP contribution in [-0.2, 0) is 19.4 Å². The molecule has 4 nitrogen and oxygen atoms in total. The van der Waals surface area contributed by atoms with Gasteiger partial charge in [0.15, 0.2) is 0 Å². The highest BCUT2D eigenvalue weighted by molar-refractivity contribution is 9.10. The third kappa shape index (κ3) is 2.78. The summed E-state index contributed by atoms with van der Waals surface area (Å²) >= 11 is 3.63. The number of rotatable bonds is 5. The number of hydrogen-bond donors (Lipinski definition) is 2. The van der Waals surface area contributed by atoms with Crippen LogP contribution in [-0.4, -0.2) is 33.6 Å². The lowest BCUT2D eigenvalue weighted by Crippen LogP contribution is -2.36. The highest BCUT2D eigenvalue weighted by Crippen LogP contribution is 2.25. The van der Waals surface area contributed by atoms with Crippen molar-refractivity contribution in [2.75, 3.05) is 6.54 Å².